The number of carbonyl (C=O) groups is 2. The molecule has 4 rings (SSSR count). The maximum atomic E-state index is 12.9. The number of nitrogens with zero attached hydrogens (tertiary/aromatic N) is 3. The van der Waals surface area contributed by atoms with Gasteiger partial charge in [-0.25, -0.2) is 0 Å². The largest absolute Gasteiger partial charge is 0.297 e. The first-order valence-corrected chi connectivity index (χ1v) is 10.8. The summed E-state index contributed by atoms with van der Waals surface area (Å²) < 4.78 is 0. The van der Waals surface area contributed by atoms with E-state index in [1.54, 1.807) is 0 Å². The van der Waals surface area contributed by atoms with Gasteiger partial charge in [0.2, 0.25) is 11.8 Å². The maximum Gasteiger partial charge on any atom is 0.247 e. The van der Waals surface area contributed by atoms with Crippen molar-refractivity contribution in [2.75, 3.05) is 39.3 Å². The molecule has 0 bridgehead atoms. The van der Waals surface area contributed by atoms with E-state index in [-0.39, 0.29) is 17.9 Å². The van der Waals surface area contributed by atoms with Crippen LogP contribution in [-0.4, -0.2) is 71.8 Å². The summed E-state index contributed by atoms with van der Waals surface area (Å²) in [5.41, 5.74) is 2.36. The number of likely N-dealkylation sites (tertiary alicyclic amines) is 1. The number of piperazine rings is 1. The average Bonchev–Trinajstić information content (AvgIpc) is 3.07. The summed E-state index contributed by atoms with van der Waals surface area (Å²) in [6, 6.07) is 20.0. The van der Waals surface area contributed by atoms with E-state index in [0.29, 0.717) is 19.4 Å². The standard InChI is InChI=1S/C25H29N3O2/c29-24-20-23(25(30)28(24)15-13-22-10-5-2-6-11-22)27-18-16-26(17-19-27)14-7-12-21-8-3-1-4-9-21/h1-12,23H,13-20H2/b12-7-. The van der Waals surface area contributed by atoms with Crippen LogP contribution >= 0.6 is 0 Å². The lowest BCUT2D eigenvalue weighted by molar-refractivity contribution is -0.139. The van der Waals surface area contributed by atoms with Crippen LogP contribution in [0.1, 0.15) is 17.5 Å². The fourth-order valence-corrected chi connectivity index (χ4v) is 4.23. The summed E-state index contributed by atoms with van der Waals surface area (Å²) in [5, 5.41) is 0. The molecule has 0 aliphatic carbocycles. The molecule has 156 valence electrons. The number of rotatable bonds is 7. The van der Waals surface area contributed by atoms with Crippen molar-refractivity contribution in [3.05, 3.63) is 77.9 Å². The zero-order valence-corrected chi connectivity index (χ0v) is 17.3. The molecule has 2 saturated heterocycles. The summed E-state index contributed by atoms with van der Waals surface area (Å²) in [6.45, 7) is 4.87. The number of benzene rings is 2. The minimum absolute atomic E-state index is 0.0200. The van der Waals surface area contributed by atoms with Crippen molar-refractivity contribution in [2.45, 2.75) is 18.9 Å². The first-order chi connectivity index (χ1) is 14.7. The second kappa shape index (κ2) is 9.83. The molecule has 2 aromatic carbocycles. The van der Waals surface area contributed by atoms with Crippen LogP contribution in [0.2, 0.25) is 0 Å². The van der Waals surface area contributed by atoms with Crippen LogP contribution < -0.4 is 0 Å². The number of hydrogen-bond acceptors (Lipinski definition) is 4. The molecule has 5 heteroatoms. The third-order valence-corrected chi connectivity index (χ3v) is 6.01. The summed E-state index contributed by atoms with van der Waals surface area (Å²) in [4.78, 5) is 31.4. The van der Waals surface area contributed by atoms with Gasteiger partial charge < -0.3 is 0 Å². The molecule has 2 amide bonds. The number of amides is 2. The van der Waals surface area contributed by atoms with Gasteiger partial charge in [-0.15, -0.1) is 0 Å². The minimum Gasteiger partial charge on any atom is -0.297 e. The third kappa shape index (κ3) is 5.04. The Labute approximate surface area is 178 Å². The van der Waals surface area contributed by atoms with Gasteiger partial charge in [0, 0.05) is 39.3 Å². The Kier molecular flexibility index (Phi) is 6.72. The molecule has 0 aromatic heterocycles. The SMILES string of the molecule is O=C1CC(N2CCN(C/C=C\c3ccccc3)CC2)C(=O)N1CCc1ccccc1. The summed E-state index contributed by atoms with van der Waals surface area (Å²) in [6.07, 6.45) is 5.38. The summed E-state index contributed by atoms with van der Waals surface area (Å²) >= 11 is 0. The first-order valence-electron chi connectivity index (χ1n) is 10.8. The topological polar surface area (TPSA) is 43.9 Å². The van der Waals surface area contributed by atoms with Crippen molar-refractivity contribution in [2.24, 2.45) is 0 Å². The second-order valence-corrected chi connectivity index (χ2v) is 7.99. The normalized spacial score (nSPS) is 21.1. The van der Waals surface area contributed by atoms with Crippen LogP contribution in [0.4, 0.5) is 0 Å². The first kappa shape index (κ1) is 20.5. The lowest BCUT2D eigenvalue weighted by atomic mass is 10.1. The van der Waals surface area contributed by atoms with Gasteiger partial charge in [0.25, 0.3) is 0 Å². The third-order valence-electron chi connectivity index (χ3n) is 6.01. The zero-order chi connectivity index (χ0) is 20.8. The highest BCUT2D eigenvalue weighted by Crippen LogP contribution is 2.21. The fourth-order valence-electron chi connectivity index (χ4n) is 4.23. The van der Waals surface area contributed by atoms with E-state index in [0.717, 1.165) is 38.3 Å². The quantitative estimate of drug-likeness (QED) is 0.667. The summed E-state index contributed by atoms with van der Waals surface area (Å²) in [5.74, 6) is -0.0532. The Bertz CT molecular complexity index is 874. The second-order valence-electron chi connectivity index (χ2n) is 7.99. The Morgan fingerprint density at radius 2 is 1.53 bits per heavy atom. The number of hydrogen-bond donors (Lipinski definition) is 0. The predicted molar refractivity (Wildman–Crippen MR) is 119 cm³/mol. The van der Waals surface area contributed by atoms with Gasteiger partial charge in [0.05, 0.1) is 12.5 Å². The molecule has 0 N–H and O–H groups in total. The van der Waals surface area contributed by atoms with E-state index in [1.807, 2.05) is 48.5 Å². The van der Waals surface area contributed by atoms with Crippen LogP contribution in [0, 0.1) is 0 Å². The van der Waals surface area contributed by atoms with E-state index < -0.39 is 0 Å². The molecule has 2 aromatic rings. The molecule has 1 unspecified atom stereocenters. The molecule has 0 spiro atoms. The molecule has 0 saturated carbocycles. The van der Waals surface area contributed by atoms with Gasteiger partial charge in [-0.2, -0.15) is 0 Å². The van der Waals surface area contributed by atoms with Gasteiger partial charge in [0.1, 0.15) is 0 Å². The highest BCUT2D eigenvalue weighted by Gasteiger charge is 2.42. The van der Waals surface area contributed by atoms with Gasteiger partial charge >= 0.3 is 0 Å². The predicted octanol–water partition coefficient (Wildman–Crippen LogP) is 2.69. The van der Waals surface area contributed by atoms with Gasteiger partial charge in [-0.3, -0.25) is 24.3 Å². The van der Waals surface area contributed by atoms with E-state index in [9.17, 15) is 9.59 Å². The van der Waals surface area contributed by atoms with Gasteiger partial charge in [0.15, 0.2) is 0 Å². The van der Waals surface area contributed by atoms with Crippen LogP contribution in [0.3, 0.4) is 0 Å². The molecule has 2 heterocycles. The van der Waals surface area contributed by atoms with E-state index in [1.165, 1.54) is 10.5 Å². The molecular weight excluding hydrogens is 374 g/mol. The Morgan fingerprint density at radius 1 is 0.867 bits per heavy atom. The molecule has 5 nitrogen and oxygen atoms in total. The van der Waals surface area contributed by atoms with Crippen LogP contribution in [0.5, 0.6) is 0 Å². The lowest BCUT2D eigenvalue weighted by Crippen LogP contribution is -2.52. The Hall–Kier alpha value is -2.76. The van der Waals surface area contributed by atoms with E-state index in [4.69, 9.17) is 0 Å². The van der Waals surface area contributed by atoms with E-state index >= 15 is 0 Å². The lowest BCUT2D eigenvalue weighted by Gasteiger charge is -2.36. The highest BCUT2D eigenvalue weighted by molar-refractivity contribution is 6.05. The van der Waals surface area contributed by atoms with Gasteiger partial charge in [-0.1, -0.05) is 72.8 Å². The van der Waals surface area contributed by atoms with Crippen LogP contribution in [0.15, 0.2) is 66.7 Å². The molecule has 2 aliphatic rings. The molecule has 1 atom stereocenters. The van der Waals surface area contributed by atoms with Crippen LogP contribution in [-0.2, 0) is 16.0 Å². The Balaban J connectivity index is 1.25. The van der Waals surface area contributed by atoms with Crippen molar-refractivity contribution < 1.29 is 9.59 Å². The highest BCUT2D eigenvalue weighted by atomic mass is 16.2. The minimum atomic E-state index is -0.282. The van der Waals surface area contributed by atoms with Crippen molar-refractivity contribution >= 4 is 17.9 Å². The fraction of sp³-hybridized carbons (Fsp3) is 0.360. The number of imide groups is 1. The molecule has 30 heavy (non-hydrogen) atoms. The smallest absolute Gasteiger partial charge is 0.247 e. The maximum absolute atomic E-state index is 12.9. The molecule has 0 radical (unpaired) electrons. The molecule has 2 fully saturated rings. The zero-order valence-electron chi connectivity index (χ0n) is 17.3. The summed E-state index contributed by atoms with van der Waals surface area (Å²) in [7, 11) is 0. The molecular formula is C25H29N3O2. The average molecular weight is 404 g/mol. The van der Waals surface area contributed by atoms with Crippen molar-refractivity contribution in [3.63, 3.8) is 0 Å². The molecule has 2 aliphatic heterocycles. The van der Waals surface area contributed by atoms with Gasteiger partial charge in [-0.05, 0) is 17.5 Å². The number of carbonyl (C=O) groups excluding carboxylic acids is 2. The monoisotopic (exact) mass is 403 g/mol. The van der Waals surface area contributed by atoms with Crippen molar-refractivity contribution in [1.82, 2.24) is 14.7 Å². The Morgan fingerprint density at radius 3 is 2.23 bits per heavy atom. The van der Waals surface area contributed by atoms with E-state index in [2.05, 4.69) is 34.1 Å². The van der Waals surface area contributed by atoms with Crippen LogP contribution in [0.25, 0.3) is 6.08 Å². The van der Waals surface area contributed by atoms with Crippen molar-refractivity contribution in [3.8, 4) is 0 Å². The van der Waals surface area contributed by atoms with Crippen molar-refractivity contribution in [1.29, 1.82) is 0 Å².